The highest BCUT2D eigenvalue weighted by Gasteiger charge is 2.28. The van der Waals surface area contributed by atoms with Crippen molar-refractivity contribution in [3.63, 3.8) is 0 Å². The first kappa shape index (κ1) is 16.7. The molecule has 8 heteroatoms. The third-order valence-electron chi connectivity index (χ3n) is 4.34. The average molecular weight is 347 g/mol. The van der Waals surface area contributed by atoms with Gasteiger partial charge in [-0.15, -0.1) is 11.3 Å². The van der Waals surface area contributed by atoms with Crippen LogP contribution in [0.15, 0.2) is 12.3 Å². The fraction of sp³-hybridized carbons (Fsp3) is 0.438. The highest BCUT2D eigenvalue weighted by molar-refractivity contribution is 7.17. The van der Waals surface area contributed by atoms with Gasteiger partial charge in [0.2, 0.25) is 0 Å². The number of nitrogens with zero attached hydrogens (tertiary/aromatic N) is 3. The molecule has 128 valence electrons. The van der Waals surface area contributed by atoms with Gasteiger partial charge in [0.05, 0.1) is 5.56 Å². The van der Waals surface area contributed by atoms with Crippen LogP contribution in [-0.2, 0) is 20.0 Å². The molecule has 3 heterocycles. The molecule has 0 spiro atoms. The Labute approximate surface area is 144 Å². The maximum atomic E-state index is 12.4. The van der Waals surface area contributed by atoms with Gasteiger partial charge in [0.15, 0.2) is 0 Å². The predicted molar refractivity (Wildman–Crippen MR) is 93.2 cm³/mol. The lowest BCUT2D eigenvalue weighted by Gasteiger charge is -2.30. The van der Waals surface area contributed by atoms with Crippen molar-refractivity contribution in [2.75, 3.05) is 11.9 Å². The molecule has 3 N–H and O–H groups in total. The number of primary amides is 1. The number of amides is 2. The van der Waals surface area contributed by atoms with Crippen LogP contribution in [0.5, 0.6) is 0 Å². The summed E-state index contributed by atoms with van der Waals surface area (Å²) in [6.07, 6.45) is 2.33. The minimum absolute atomic E-state index is 0.295. The average Bonchev–Trinajstić information content (AvgIpc) is 3.09. The van der Waals surface area contributed by atoms with Gasteiger partial charge in [-0.3, -0.25) is 19.2 Å². The zero-order chi connectivity index (χ0) is 17.4. The Morgan fingerprint density at radius 1 is 1.42 bits per heavy atom. The van der Waals surface area contributed by atoms with E-state index in [4.69, 9.17) is 5.73 Å². The van der Waals surface area contributed by atoms with Crippen LogP contribution in [-0.4, -0.2) is 39.1 Å². The highest BCUT2D eigenvalue weighted by Crippen LogP contribution is 2.37. The van der Waals surface area contributed by atoms with Crippen LogP contribution in [0.25, 0.3) is 0 Å². The number of nitrogens with two attached hydrogens (primary N) is 1. The first-order chi connectivity index (χ1) is 11.4. The number of aryl methyl sites for hydroxylation is 1. The van der Waals surface area contributed by atoms with Crippen LogP contribution in [0.4, 0.5) is 5.00 Å². The number of aromatic nitrogens is 2. The van der Waals surface area contributed by atoms with Gasteiger partial charge in [-0.2, -0.15) is 5.10 Å². The second kappa shape index (κ2) is 6.37. The molecule has 3 rings (SSSR count). The molecule has 2 aromatic rings. The summed E-state index contributed by atoms with van der Waals surface area (Å²) < 4.78 is 1.49. The van der Waals surface area contributed by atoms with Crippen molar-refractivity contribution in [3.05, 3.63) is 34.0 Å². The Morgan fingerprint density at radius 2 is 2.17 bits per heavy atom. The van der Waals surface area contributed by atoms with Crippen molar-refractivity contribution in [1.82, 2.24) is 14.7 Å². The second-order valence-electron chi connectivity index (χ2n) is 6.18. The molecule has 24 heavy (non-hydrogen) atoms. The standard InChI is InChI=1S/C16H21N5O2S/c1-9(2)21-7-5-10-12(8-21)24-16(13(10)14(17)22)19-15(23)11-4-6-18-20(11)3/h4,6,9H,5,7-8H2,1-3H3,(H2,17,22)(H,19,23). The number of carbonyl (C=O) groups is 2. The van der Waals surface area contributed by atoms with Gasteiger partial charge < -0.3 is 11.1 Å². The van der Waals surface area contributed by atoms with Crippen molar-refractivity contribution in [2.24, 2.45) is 12.8 Å². The molecule has 0 fully saturated rings. The first-order valence-corrected chi connectivity index (χ1v) is 8.68. The molecule has 0 atom stereocenters. The molecule has 2 aromatic heterocycles. The monoisotopic (exact) mass is 347 g/mol. The molecular weight excluding hydrogens is 326 g/mol. The second-order valence-corrected chi connectivity index (χ2v) is 7.29. The summed E-state index contributed by atoms with van der Waals surface area (Å²) >= 11 is 1.44. The largest absolute Gasteiger partial charge is 0.365 e. The van der Waals surface area contributed by atoms with Gasteiger partial charge in [0.1, 0.15) is 10.7 Å². The molecule has 0 bridgehead atoms. The normalized spacial score (nSPS) is 14.7. The summed E-state index contributed by atoms with van der Waals surface area (Å²) in [7, 11) is 1.70. The molecule has 0 unspecified atom stereocenters. The third kappa shape index (κ3) is 2.94. The van der Waals surface area contributed by atoms with Crippen molar-refractivity contribution >= 4 is 28.2 Å². The lowest BCUT2D eigenvalue weighted by atomic mass is 10.0. The number of fused-ring (bicyclic) bond motifs is 1. The fourth-order valence-corrected chi connectivity index (χ4v) is 4.25. The van der Waals surface area contributed by atoms with E-state index in [9.17, 15) is 9.59 Å². The fourth-order valence-electron chi connectivity index (χ4n) is 2.98. The zero-order valence-corrected chi connectivity index (χ0v) is 14.8. The molecule has 0 radical (unpaired) electrons. The van der Waals surface area contributed by atoms with Crippen LogP contribution < -0.4 is 11.1 Å². The number of thiophene rings is 1. The summed E-state index contributed by atoms with van der Waals surface area (Å²) in [4.78, 5) is 27.8. The molecule has 7 nitrogen and oxygen atoms in total. The number of carbonyl (C=O) groups excluding carboxylic acids is 2. The first-order valence-electron chi connectivity index (χ1n) is 7.86. The summed E-state index contributed by atoms with van der Waals surface area (Å²) in [6, 6.07) is 2.07. The van der Waals surface area contributed by atoms with E-state index in [0.29, 0.717) is 22.3 Å². The summed E-state index contributed by atoms with van der Waals surface area (Å²) in [5.74, 6) is -0.789. The van der Waals surface area contributed by atoms with E-state index in [1.165, 1.54) is 16.0 Å². The van der Waals surface area contributed by atoms with Crippen molar-refractivity contribution in [3.8, 4) is 0 Å². The smallest absolute Gasteiger partial charge is 0.274 e. The van der Waals surface area contributed by atoms with Crippen LogP contribution >= 0.6 is 11.3 Å². The number of anilines is 1. The maximum absolute atomic E-state index is 12.4. The molecule has 0 aliphatic carbocycles. The van der Waals surface area contributed by atoms with Crippen LogP contribution in [0.3, 0.4) is 0 Å². The van der Waals surface area contributed by atoms with E-state index >= 15 is 0 Å². The minimum Gasteiger partial charge on any atom is -0.365 e. The topological polar surface area (TPSA) is 93.2 Å². The van der Waals surface area contributed by atoms with Crippen LogP contribution in [0, 0.1) is 0 Å². The summed E-state index contributed by atoms with van der Waals surface area (Å²) in [6.45, 7) is 5.97. The van der Waals surface area contributed by atoms with Crippen molar-refractivity contribution < 1.29 is 9.59 Å². The number of rotatable bonds is 4. The van der Waals surface area contributed by atoms with Gasteiger partial charge in [0, 0.05) is 37.3 Å². The molecular formula is C16H21N5O2S. The van der Waals surface area contributed by atoms with Gasteiger partial charge in [0.25, 0.3) is 11.8 Å². The summed E-state index contributed by atoms with van der Waals surface area (Å²) in [5.41, 5.74) is 7.45. The molecule has 0 saturated carbocycles. The van der Waals surface area contributed by atoms with Gasteiger partial charge in [-0.1, -0.05) is 0 Å². The van der Waals surface area contributed by atoms with E-state index in [1.807, 2.05) is 0 Å². The predicted octanol–water partition coefficient (Wildman–Crippen LogP) is 1.60. The Balaban J connectivity index is 1.93. The molecule has 2 amide bonds. The number of hydrogen-bond acceptors (Lipinski definition) is 5. The SMILES string of the molecule is CC(C)N1CCc2c(sc(NC(=O)c3ccnn3C)c2C(N)=O)C1. The molecule has 1 aliphatic heterocycles. The molecule has 1 aliphatic rings. The summed E-state index contributed by atoms with van der Waals surface area (Å²) in [5, 5.41) is 7.36. The van der Waals surface area contributed by atoms with E-state index in [-0.39, 0.29) is 5.91 Å². The Hall–Kier alpha value is -2.19. The van der Waals surface area contributed by atoms with Crippen molar-refractivity contribution in [1.29, 1.82) is 0 Å². The van der Waals surface area contributed by atoms with Gasteiger partial charge >= 0.3 is 0 Å². The van der Waals surface area contributed by atoms with Gasteiger partial charge in [-0.05, 0) is 31.9 Å². The van der Waals surface area contributed by atoms with Crippen LogP contribution in [0.1, 0.15) is 45.1 Å². The Bertz CT molecular complexity index is 792. The quantitative estimate of drug-likeness (QED) is 0.878. The van der Waals surface area contributed by atoms with E-state index in [1.54, 1.807) is 19.3 Å². The Kier molecular flexibility index (Phi) is 4.42. The third-order valence-corrected chi connectivity index (χ3v) is 5.48. The van der Waals surface area contributed by atoms with Crippen molar-refractivity contribution in [2.45, 2.75) is 32.9 Å². The maximum Gasteiger partial charge on any atom is 0.274 e. The van der Waals surface area contributed by atoms with Gasteiger partial charge in [-0.25, -0.2) is 0 Å². The molecule has 0 aromatic carbocycles. The lowest BCUT2D eigenvalue weighted by Crippen LogP contribution is -2.35. The van der Waals surface area contributed by atoms with E-state index in [0.717, 1.165) is 30.0 Å². The number of nitrogens with one attached hydrogen (secondary N) is 1. The van der Waals surface area contributed by atoms with E-state index < -0.39 is 5.91 Å². The lowest BCUT2D eigenvalue weighted by molar-refractivity contribution is 0.0999. The molecule has 0 saturated heterocycles. The van der Waals surface area contributed by atoms with E-state index in [2.05, 4.69) is 29.2 Å². The van der Waals surface area contributed by atoms with Crippen LogP contribution in [0.2, 0.25) is 0 Å². The highest BCUT2D eigenvalue weighted by atomic mass is 32.1. The zero-order valence-electron chi connectivity index (χ0n) is 14.0. The number of hydrogen-bond donors (Lipinski definition) is 2. The Morgan fingerprint density at radius 3 is 2.75 bits per heavy atom. The minimum atomic E-state index is -0.495.